The van der Waals surface area contributed by atoms with Crippen LogP contribution in [-0.4, -0.2) is 39.6 Å². The van der Waals surface area contributed by atoms with Crippen LogP contribution < -0.4 is 14.4 Å². The van der Waals surface area contributed by atoms with Crippen molar-refractivity contribution in [2.24, 2.45) is 4.99 Å². The largest absolute Gasteiger partial charge is 0.493 e. The number of rotatable bonds is 9. The molecule has 3 aromatic rings. The van der Waals surface area contributed by atoms with Crippen LogP contribution in [0.5, 0.6) is 11.5 Å². The van der Waals surface area contributed by atoms with Crippen LogP contribution in [0.25, 0.3) is 0 Å². The molecular formula is C28H29FN2O3. The topological polar surface area (TPSA) is 43.3 Å². The number of allylic oxidation sites excluding steroid dienone is 1. The van der Waals surface area contributed by atoms with E-state index in [9.17, 15) is 4.39 Å². The van der Waals surface area contributed by atoms with Crippen LogP contribution >= 0.6 is 0 Å². The molecule has 176 valence electrons. The Morgan fingerprint density at radius 1 is 1.06 bits per heavy atom. The molecule has 5 nitrogen and oxygen atoms in total. The summed E-state index contributed by atoms with van der Waals surface area (Å²) in [6, 6.07) is 18.4. The summed E-state index contributed by atoms with van der Waals surface area (Å²) < 4.78 is 30.3. The smallest absolute Gasteiger partial charge is 0.165 e. The van der Waals surface area contributed by atoms with Crippen molar-refractivity contribution >= 4 is 17.6 Å². The third kappa shape index (κ3) is 6.02. The first-order valence-corrected chi connectivity index (χ1v) is 11.3. The summed E-state index contributed by atoms with van der Waals surface area (Å²) in [5.74, 6) is 0.998. The van der Waals surface area contributed by atoms with Crippen molar-refractivity contribution < 1.29 is 18.6 Å². The van der Waals surface area contributed by atoms with Crippen LogP contribution in [0.4, 0.5) is 15.8 Å². The monoisotopic (exact) mass is 460 g/mol. The van der Waals surface area contributed by atoms with Crippen LogP contribution in [0.15, 0.2) is 78.3 Å². The van der Waals surface area contributed by atoms with E-state index in [1.54, 1.807) is 19.2 Å². The molecule has 1 saturated heterocycles. The van der Waals surface area contributed by atoms with Crippen molar-refractivity contribution in [3.8, 4) is 11.5 Å². The van der Waals surface area contributed by atoms with Crippen molar-refractivity contribution in [1.29, 1.82) is 0 Å². The summed E-state index contributed by atoms with van der Waals surface area (Å²) >= 11 is 0. The zero-order valence-corrected chi connectivity index (χ0v) is 19.4. The predicted molar refractivity (Wildman–Crippen MR) is 134 cm³/mol. The third-order valence-electron chi connectivity index (χ3n) is 5.62. The molecule has 0 aliphatic carbocycles. The molecule has 0 radical (unpaired) electrons. The van der Waals surface area contributed by atoms with Gasteiger partial charge in [-0.25, -0.2) is 4.39 Å². The quantitative estimate of drug-likeness (QED) is 0.302. The maximum absolute atomic E-state index is 13.2. The van der Waals surface area contributed by atoms with Crippen molar-refractivity contribution in [3.63, 3.8) is 0 Å². The van der Waals surface area contributed by atoms with Crippen molar-refractivity contribution in [2.45, 2.75) is 13.0 Å². The van der Waals surface area contributed by atoms with Gasteiger partial charge in [-0.05, 0) is 66.1 Å². The number of hydrogen-bond acceptors (Lipinski definition) is 5. The fourth-order valence-corrected chi connectivity index (χ4v) is 3.84. The standard InChI is InChI=1S/C28H29FN2O3/c1-3-4-23-17-22(18-27(32-2)28(23)34-20-21-5-7-24(29)8-6-21)19-30-25-9-11-26(12-10-25)31-13-15-33-16-14-31/h3,5-12,17-19H,1,4,13-16,20H2,2H3. The van der Waals surface area contributed by atoms with Gasteiger partial charge in [0.05, 0.1) is 26.0 Å². The molecule has 1 aliphatic rings. The minimum absolute atomic E-state index is 0.270. The number of morpholine rings is 1. The Labute approximate surface area is 200 Å². The lowest BCUT2D eigenvalue weighted by atomic mass is 10.1. The van der Waals surface area contributed by atoms with E-state index in [2.05, 4.69) is 28.6 Å². The van der Waals surface area contributed by atoms with Gasteiger partial charge in [-0.15, -0.1) is 6.58 Å². The second-order valence-electron chi connectivity index (χ2n) is 7.99. The molecule has 0 N–H and O–H groups in total. The van der Waals surface area contributed by atoms with Gasteiger partial charge in [0.2, 0.25) is 0 Å². The molecule has 34 heavy (non-hydrogen) atoms. The zero-order valence-electron chi connectivity index (χ0n) is 19.4. The molecule has 0 spiro atoms. The number of halogens is 1. The minimum Gasteiger partial charge on any atom is -0.493 e. The average molecular weight is 461 g/mol. The fourth-order valence-electron chi connectivity index (χ4n) is 3.84. The molecule has 3 aromatic carbocycles. The van der Waals surface area contributed by atoms with E-state index in [0.29, 0.717) is 24.5 Å². The Morgan fingerprint density at radius 2 is 1.79 bits per heavy atom. The lowest BCUT2D eigenvalue weighted by Gasteiger charge is -2.28. The Morgan fingerprint density at radius 3 is 2.47 bits per heavy atom. The van der Waals surface area contributed by atoms with Gasteiger partial charge in [-0.2, -0.15) is 0 Å². The van der Waals surface area contributed by atoms with Crippen LogP contribution in [0.3, 0.4) is 0 Å². The summed E-state index contributed by atoms with van der Waals surface area (Å²) in [5.41, 5.74) is 4.78. The van der Waals surface area contributed by atoms with Gasteiger partial charge in [0.1, 0.15) is 12.4 Å². The van der Waals surface area contributed by atoms with Crippen LogP contribution in [-0.2, 0) is 17.8 Å². The summed E-state index contributed by atoms with van der Waals surface area (Å²) in [7, 11) is 1.61. The Kier molecular flexibility index (Phi) is 7.94. The normalized spacial score (nSPS) is 13.8. The summed E-state index contributed by atoms with van der Waals surface area (Å²) in [6.45, 7) is 7.51. The van der Waals surface area contributed by atoms with E-state index in [1.807, 2.05) is 36.6 Å². The van der Waals surface area contributed by atoms with E-state index in [4.69, 9.17) is 14.2 Å². The van der Waals surface area contributed by atoms with Crippen LogP contribution in [0, 0.1) is 5.82 Å². The van der Waals surface area contributed by atoms with Gasteiger partial charge < -0.3 is 19.1 Å². The second kappa shape index (κ2) is 11.5. The van der Waals surface area contributed by atoms with Crippen LogP contribution in [0.1, 0.15) is 16.7 Å². The van der Waals surface area contributed by atoms with Gasteiger partial charge in [0.15, 0.2) is 11.5 Å². The van der Waals surface area contributed by atoms with Crippen molar-refractivity contribution in [3.05, 3.63) is 95.8 Å². The number of aliphatic imine (C=N–C) groups is 1. The molecule has 0 bridgehead atoms. The lowest BCUT2D eigenvalue weighted by molar-refractivity contribution is 0.122. The molecule has 0 saturated carbocycles. The Bertz CT molecular complexity index is 1120. The first-order chi connectivity index (χ1) is 16.7. The average Bonchev–Trinajstić information content (AvgIpc) is 2.88. The number of benzene rings is 3. The molecular weight excluding hydrogens is 431 g/mol. The molecule has 4 rings (SSSR count). The number of hydrogen-bond donors (Lipinski definition) is 0. The van der Waals surface area contributed by atoms with Gasteiger partial charge in [0, 0.05) is 30.6 Å². The Balaban J connectivity index is 1.51. The van der Waals surface area contributed by atoms with Gasteiger partial charge in [-0.1, -0.05) is 18.2 Å². The number of methoxy groups -OCH3 is 1. The van der Waals surface area contributed by atoms with Gasteiger partial charge in [0.25, 0.3) is 0 Å². The SMILES string of the molecule is C=CCc1cc(C=Nc2ccc(N3CCOCC3)cc2)cc(OC)c1OCc1ccc(F)cc1. The maximum Gasteiger partial charge on any atom is 0.165 e. The molecule has 1 heterocycles. The highest BCUT2D eigenvalue weighted by molar-refractivity contribution is 5.84. The van der Waals surface area contributed by atoms with Crippen molar-refractivity contribution in [1.82, 2.24) is 0 Å². The first-order valence-electron chi connectivity index (χ1n) is 11.3. The van der Waals surface area contributed by atoms with Crippen molar-refractivity contribution in [2.75, 3.05) is 38.3 Å². The number of ether oxygens (including phenoxy) is 3. The molecule has 6 heteroatoms. The summed E-state index contributed by atoms with van der Waals surface area (Å²) in [6.07, 6.45) is 4.26. The number of anilines is 1. The predicted octanol–water partition coefficient (Wildman–Crippen LogP) is 5.73. The zero-order chi connectivity index (χ0) is 23.8. The molecule has 0 aromatic heterocycles. The van der Waals surface area contributed by atoms with Crippen LogP contribution in [0.2, 0.25) is 0 Å². The molecule has 0 atom stereocenters. The summed E-state index contributed by atoms with van der Waals surface area (Å²) in [5, 5.41) is 0. The Hall–Kier alpha value is -3.64. The first kappa shape index (κ1) is 23.5. The highest BCUT2D eigenvalue weighted by atomic mass is 19.1. The summed E-state index contributed by atoms with van der Waals surface area (Å²) in [4.78, 5) is 6.96. The van der Waals surface area contributed by atoms with Gasteiger partial charge >= 0.3 is 0 Å². The number of nitrogens with zero attached hydrogens (tertiary/aromatic N) is 2. The lowest BCUT2D eigenvalue weighted by Crippen LogP contribution is -2.36. The molecule has 1 aliphatic heterocycles. The van der Waals surface area contributed by atoms with E-state index >= 15 is 0 Å². The van der Waals surface area contributed by atoms with E-state index in [1.165, 1.54) is 17.8 Å². The second-order valence-corrected chi connectivity index (χ2v) is 7.99. The fraction of sp³-hybridized carbons (Fsp3) is 0.250. The molecule has 1 fully saturated rings. The molecule has 0 unspecified atom stereocenters. The van der Waals surface area contributed by atoms with E-state index in [-0.39, 0.29) is 5.82 Å². The maximum atomic E-state index is 13.2. The molecule has 0 amide bonds. The minimum atomic E-state index is -0.270. The third-order valence-corrected chi connectivity index (χ3v) is 5.62. The highest BCUT2D eigenvalue weighted by Gasteiger charge is 2.13. The van der Waals surface area contributed by atoms with E-state index < -0.39 is 0 Å². The van der Waals surface area contributed by atoms with E-state index in [0.717, 1.165) is 48.7 Å². The highest BCUT2D eigenvalue weighted by Crippen LogP contribution is 2.34. The van der Waals surface area contributed by atoms with Gasteiger partial charge in [-0.3, -0.25) is 4.99 Å².